The lowest BCUT2D eigenvalue weighted by Crippen LogP contribution is -2.04. The highest BCUT2D eigenvalue weighted by Crippen LogP contribution is 2.07. The van der Waals surface area contributed by atoms with Gasteiger partial charge < -0.3 is 9.72 Å². The first kappa shape index (κ1) is 10.5. The van der Waals surface area contributed by atoms with Gasteiger partial charge in [-0.05, 0) is 6.42 Å². The normalized spacial score (nSPS) is 10.6. The maximum Gasteiger partial charge on any atom is 0.306 e. The van der Waals surface area contributed by atoms with Crippen LogP contribution in [0.2, 0.25) is 0 Å². The molecule has 2 heterocycles. The van der Waals surface area contributed by atoms with Crippen molar-refractivity contribution in [1.29, 1.82) is 0 Å². The summed E-state index contributed by atoms with van der Waals surface area (Å²) >= 11 is 0. The molecule has 6 heteroatoms. The number of fused-ring (bicyclic) bond motifs is 1. The summed E-state index contributed by atoms with van der Waals surface area (Å²) in [5.41, 5.74) is 1.32. The molecule has 2 rings (SSSR count). The first-order valence-corrected chi connectivity index (χ1v) is 5.10. The first-order valence-electron chi connectivity index (χ1n) is 5.10. The molecule has 0 aliphatic heterocycles. The van der Waals surface area contributed by atoms with Gasteiger partial charge in [-0.1, -0.05) is 6.92 Å². The van der Waals surface area contributed by atoms with E-state index in [2.05, 4.69) is 19.9 Å². The molecule has 84 valence electrons. The van der Waals surface area contributed by atoms with E-state index in [0.717, 1.165) is 11.9 Å². The molecule has 1 N–H and O–H groups in total. The lowest BCUT2D eigenvalue weighted by molar-refractivity contribution is -0.145. The van der Waals surface area contributed by atoms with Crippen LogP contribution in [0.15, 0.2) is 12.5 Å². The minimum atomic E-state index is -0.214. The fourth-order valence-corrected chi connectivity index (χ4v) is 1.31. The number of nitrogens with one attached hydrogen (secondary N) is 1. The standard InChI is InChI=1S/C10H12N4O2/c1-2-3-9(15)16-5-8-13-7-4-11-6-12-10(7)14-8/h4,6H,2-3,5H2,1H3,(H,11,12,13,14). The van der Waals surface area contributed by atoms with Crippen LogP contribution in [0.25, 0.3) is 11.2 Å². The molecule has 0 aromatic carbocycles. The van der Waals surface area contributed by atoms with Gasteiger partial charge in [0, 0.05) is 6.42 Å². The summed E-state index contributed by atoms with van der Waals surface area (Å²) in [7, 11) is 0. The van der Waals surface area contributed by atoms with Crippen molar-refractivity contribution in [1.82, 2.24) is 19.9 Å². The Bertz CT molecular complexity index is 461. The van der Waals surface area contributed by atoms with E-state index in [0.29, 0.717) is 17.9 Å². The molecule has 0 amide bonds. The van der Waals surface area contributed by atoms with Crippen LogP contribution in [0.4, 0.5) is 0 Å². The highest BCUT2D eigenvalue weighted by atomic mass is 16.5. The Labute approximate surface area is 92.1 Å². The third-order valence-electron chi connectivity index (χ3n) is 2.04. The highest BCUT2D eigenvalue weighted by molar-refractivity contribution is 5.70. The van der Waals surface area contributed by atoms with Crippen molar-refractivity contribution in [3.05, 3.63) is 18.3 Å². The maximum atomic E-state index is 11.1. The number of aromatic nitrogens is 4. The van der Waals surface area contributed by atoms with Crippen LogP contribution in [0, 0.1) is 0 Å². The van der Waals surface area contributed by atoms with Crippen molar-refractivity contribution in [2.24, 2.45) is 0 Å². The number of H-pyrrole nitrogens is 1. The molecule has 0 radical (unpaired) electrons. The fraction of sp³-hybridized carbons (Fsp3) is 0.400. The van der Waals surface area contributed by atoms with Crippen LogP contribution in [0.1, 0.15) is 25.6 Å². The molecule has 16 heavy (non-hydrogen) atoms. The number of aromatic amines is 1. The van der Waals surface area contributed by atoms with E-state index < -0.39 is 0 Å². The third-order valence-corrected chi connectivity index (χ3v) is 2.04. The van der Waals surface area contributed by atoms with E-state index in [1.54, 1.807) is 6.20 Å². The van der Waals surface area contributed by atoms with E-state index in [1.165, 1.54) is 6.33 Å². The van der Waals surface area contributed by atoms with Crippen LogP contribution in [0.5, 0.6) is 0 Å². The average Bonchev–Trinajstić information content (AvgIpc) is 2.69. The SMILES string of the molecule is CCCC(=O)OCc1nc2ncncc2[nH]1. The molecule has 0 atom stereocenters. The Morgan fingerprint density at radius 3 is 3.19 bits per heavy atom. The minimum Gasteiger partial charge on any atom is -0.458 e. The monoisotopic (exact) mass is 220 g/mol. The van der Waals surface area contributed by atoms with Gasteiger partial charge in [0.25, 0.3) is 0 Å². The van der Waals surface area contributed by atoms with Gasteiger partial charge in [0.1, 0.15) is 24.3 Å². The zero-order valence-corrected chi connectivity index (χ0v) is 8.93. The van der Waals surface area contributed by atoms with Gasteiger partial charge in [-0.3, -0.25) is 4.79 Å². The number of imidazole rings is 1. The molecule has 0 bridgehead atoms. The predicted molar refractivity (Wildman–Crippen MR) is 56.4 cm³/mol. The minimum absolute atomic E-state index is 0.148. The van der Waals surface area contributed by atoms with Crippen molar-refractivity contribution in [3.8, 4) is 0 Å². The lowest BCUT2D eigenvalue weighted by Gasteiger charge is -2.00. The maximum absolute atomic E-state index is 11.1. The summed E-state index contributed by atoms with van der Waals surface area (Å²) in [6, 6.07) is 0. The quantitative estimate of drug-likeness (QED) is 0.783. The lowest BCUT2D eigenvalue weighted by atomic mass is 10.3. The highest BCUT2D eigenvalue weighted by Gasteiger charge is 2.06. The van der Waals surface area contributed by atoms with Gasteiger partial charge in [-0.2, -0.15) is 0 Å². The topological polar surface area (TPSA) is 80.8 Å². The summed E-state index contributed by atoms with van der Waals surface area (Å²) < 4.78 is 5.02. The number of ether oxygens (including phenoxy) is 1. The van der Waals surface area contributed by atoms with Crippen molar-refractivity contribution >= 4 is 17.1 Å². The molecule has 0 fully saturated rings. The average molecular weight is 220 g/mol. The second-order valence-corrected chi connectivity index (χ2v) is 3.35. The van der Waals surface area contributed by atoms with E-state index >= 15 is 0 Å². The Kier molecular flexibility index (Phi) is 3.09. The molecule has 0 aliphatic rings. The molecule has 0 aliphatic carbocycles. The molecule has 6 nitrogen and oxygen atoms in total. The van der Waals surface area contributed by atoms with Gasteiger partial charge in [0.2, 0.25) is 0 Å². The van der Waals surface area contributed by atoms with Gasteiger partial charge in [0.05, 0.1) is 6.20 Å². The van der Waals surface area contributed by atoms with E-state index in [4.69, 9.17) is 4.74 Å². The Morgan fingerprint density at radius 2 is 2.44 bits per heavy atom. The number of hydrogen-bond donors (Lipinski definition) is 1. The number of hydrogen-bond acceptors (Lipinski definition) is 5. The van der Waals surface area contributed by atoms with Gasteiger partial charge in [0.15, 0.2) is 5.65 Å². The molecular weight excluding hydrogens is 208 g/mol. The van der Waals surface area contributed by atoms with E-state index in [1.807, 2.05) is 6.92 Å². The number of rotatable bonds is 4. The first-order chi connectivity index (χ1) is 7.79. The summed E-state index contributed by atoms with van der Waals surface area (Å²) in [4.78, 5) is 26.1. The largest absolute Gasteiger partial charge is 0.458 e. The van der Waals surface area contributed by atoms with Gasteiger partial charge in [-0.25, -0.2) is 15.0 Å². The smallest absolute Gasteiger partial charge is 0.306 e. The number of carbonyl (C=O) groups excluding carboxylic acids is 1. The predicted octanol–water partition coefficient (Wildman–Crippen LogP) is 1.20. The van der Waals surface area contributed by atoms with Crippen LogP contribution in [0.3, 0.4) is 0 Å². The fourth-order valence-electron chi connectivity index (χ4n) is 1.31. The van der Waals surface area contributed by atoms with E-state index in [-0.39, 0.29) is 12.6 Å². The van der Waals surface area contributed by atoms with Crippen LogP contribution >= 0.6 is 0 Å². The number of esters is 1. The molecule has 2 aromatic heterocycles. The van der Waals surface area contributed by atoms with Crippen molar-refractivity contribution < 1.29 is 9.53 Å². The van der Waals surface area contributed by atoms with Crippen LogP contribution < -0.4 is 0 Å². The zero-order valence-electron chi connectivity index (χ0n) is 8.93. The van der Waals surface area contributed by atoms with Crippen molar-refractivity contribution in [2.75, 3.05) is 0 Å². The summed E-state index contributed by atoms with van der Waals surface area (Å²) in [6.07, 6.45) is 4.27. The second-order valence-electron chi connectivity index (χ2n) is 3.35. The summed E-state index contributed by atoms with van der Waals surface area (Å²) in [5, 5.41) is 0. The number of carbonyl (C=O) groups is 1. The number of nitrogens with zero attached hydrogens (tertiary/aromatic N) is 3. The molecule has 0 unspecified atom stereocenters. The summed E-state index contributed by atoms with van der Waals surface area (Å²) in [5.74, 6) is 0.369. The Morgan fingerprint density at radius 1 is 1.56 bits per heavy atom. The van der Waals surface area contributed by atoms with Crippen molar-refractivity contribution in [2.45, 2.75) is 26.4 Å². The van der Waals surface area contributed by atoms with Crippen molar-refractivity contribution in [3.63, 3.8) is 0 Å². The molecule has 2 aromatic rings. The Hall–Kier alpha value is -1.98. The molecule has 0 saturated carbocycles. The Balaban J connectivity index is 2.02. The molecule has 0 spiro atoms. The second kappa shape index (κ2) is 4.69. The molecule has 0 saturated heterocycles. The van der Waals surface area contributed by atoms with Crippen LogP contribution in [-0.4, -0.2) is 25.9 Å². The van der Waals surface area contributed by atoms with E-state index in [9.17, 15) is 4.79 Å². The summed E-state index contributed by atoms with van der Waals surface area (Å²) in [6.45, 7) is 2.08. The third kappa shape index (κ3) is 2.33. The van der Waals surface area contributed by atoms with Gasteiger partial charge >= 0.3 is 5.97 Å². The van der Waals surface area contributed by atoms with Gasteiger partial charge in [-0.15, -0.1) is 0 Å². The molecular formula is C10H12N4O2. The zero-order chi connectivity index (χ0) is 11.4. The van der Waals surface area contributed by atoms with Crippen LogP contribution in [-0.2, 0) is 16.1 Å².